The molecule has 0 aromatic heterocycles. The van der Waals surface area contributed by atoms with Crippen LogP contribution in [0.4, 0.5) is 0 Å². The van der Waals surface area contributed by atoms with E-state index in [0.29, 0.717) is 10.6 Å². The first kappa shape index (κ1) is 12.2. The monoisotopic (exact) mass is 220 g/mol. The van der Waals surface area contributed by atoms with Gasteiger partial charge in [-0.2, -0.15) is 0 Å². The van der Waals surface area contributed by atoms with E-state index < -0.39 is 11.9 Å². The van der Waals surface area contributed by atoms with E-state index in [9.17, 15) is 4.79 Å². The molecule has 1 rings (SSSR count). The van der Waals surface area contributed by atoms with Gasteiger partial charge in [-0.3, -0.25) is 4.79 Å². The minimum absolute atomic E-state index is 0. The second-order valence-electron chi connectivity index (χ2n) is 2.44. The lowest BCUT2D eigenvalue weighted by Gasteiger charge is -2.06. The Bertz CT molecular complexity index is 304. The maximum absolute atomic E-state index is 10.7. The van der Waals surface area contributed by atoms with Crippen LogP contribution in [0.5, 0.6) is 0 Å². The number of hydrogen-bond acceptors (Lipinski definition) is 2. The molecule has 1 aromatic carbocycles. The van der Waals surface area contributed by atoms with Gasteiger partial charge < -0.3 is 11.5 Å². The first-order valence-electron chi connectivity index (χ1n) is 3.41. The summed E-state index contributed by atoms with van der Waals surface area (Å²) < 4.78 is 0. The Morgan fingerprint density at radius 3 is 2.54 bits per heavy atom. The number of rotatable bonds is 2. The molecule has 0 fully saturated rings. The molecule has 0 aliphatic heterocycles. The molecule has 0 heterocycles. The van der Waals surface area contributed by atoms with Crippen LogP contribution in [0.3, 0.4) is 0 Å². The number of hydrogen-bond donors (Lipinski definition) is 2. The van der Waals surface area contributed by atoms with Gasteiger partial charge in [0, 0.05) is 5.02 Å². The number of carbonyl (C=O) groups excluding carboxylic acids is 1. The van der Waals surface area contributed by atoms with Crippen LogP contribution in [0.25, 0.3) is 0 Å². The Morgan fingerprint density at radius 2 is 2.08 bits per heavy atom. The summed E-state index contributed by atoms with van der Waals surface area (Å²) in [5.41, 5.74) is 11.1. The van der Waals surface area contributed by atoms with E-state index in [0.717, 1.165) is 0 Å². The normalized spacial score (nSPS) is 11.5. The standard InChI is InChI=1S/C8H9ClN2O.ClH/c9-6-3-1-2-5(4-6)7(10)8(11)12;/h1-4,7H,10H2,(H2,11,12);1H. The average molecular weight is 221 g/mol. The highest BCUT2D eigenvalue weighted by atomic mass is 35.5. The lowest BCUT2D eigenvalue weighted by molar-refractivity contribution is -0.119. The van der Waals surface area contributed by atoms with Crippen molar-refractivity contribution in [2.45, 2.75) is 6.04 Å². The van der Waals surface area contributed by atoms with Crippen molar-refractivity contribution in [2.24, 2.45) is 11.5 Å². The van der Waals surface area contributed by atoms with Crippen LogP contribution in [0.1, 0.15) is 11.6 Å². The smallest absolute Gasteiger partial charge is 0.238 e. The van der Waals surface area contributed by atoms with Crippen LogP contribution in [0, 0.1) is 0 Å². The van der Waals surface area contributed by atoms with Crippen molar-refractivity contribution < 1.29 is 4.79 Å². The molecule has 0 spiro atoms. The first-order valence-corrected chi connectivity index (χ1v) is 3.79. The zero-order valence-corrected chi connectivity index (χ0v) is 8.31. The molecule has 5 heteroatoms. The lowest BCUT2D eigenvalue weighted by Crippen LogP contribution is -2.28. The van der Waals surface area contributed by atoms with Gasteiger partial charge in [-0.1, -0.05) is 23.7 Å². The Morgan fingerprint density at radius 1 is 1.46 bits per heavy atom. The Balaban J connectivity index is 0.00000144. The second kappa shape index (κ2) is 5.07. The SMILES string of the molecule is Cl.NC(=O)C(N)c1cccc(Cl)c1. The number of halogens is 2. The molecule has 0 aliphatic carbocycles. The summed E-state index contributed by atoms with van der Waals surface area (Å²) in [5.74, 6) is -0.558. The van der Waals surface area contributed by atoms with Gasteiger partial charge in [-0.15, -0.1) is 12.4 Å². The van der Waals surface area contributed by atoms with Crippen LogP contribution in [-0.2, 0) is 4.79 Å². The zero-order valence-electron chi connectivity index (χ0n) is 6.74. The van der Waals surface area contributed by atoms with Gasteiger partial charge in [0.2, 0.25) is 5.91 Å². The Kier molecular flexibility index (Phi) is 4.77. The quantitative estimate of drug-likeness (QED) is 0.788. The van der Waals surface area contributed by atoms with Crippen LogP contribution >= 0.6 is 24.0 Å². The summed E-state index contributed by atoms with van der Waals surface area (Å²) in [6.07, 6.45) is 0. The third-order valence-corrected chi connectivity index (χ3v) is 1.75. The topological polar surface area (TPSA) is 69.1 Å². The minimum Gasteiger partial charge on any atom is -0.368 e. The number of primary amides is 1. The van der Waals surface area contributed by atoms with Crippen molar-refractivity contribution >= 4 is 29.9 Å². The first-order chi connectivity index (χ1) is 5.61. The number of benzene rings is 1. The zero-order chi connectivity index (χ0) is 9.14. The predicted molar refractivity (Wildman–Crippen MR) is 54.8 cm³/mol. The van der Waals surface area contributed by atoms with E-state index in [1.807, 2.05) is 0 Å². The highest BCUT2D eigenvalue weighted by Gasteiger charge is 2.11. The van der Waals surface area contributed by atoms with E-state index in [2.05, 4.69) is 0 Å². The largest absolute Gasteiger partial charge is 0.368 e. The van der Waals surface area contributed by atoms with Crippen molar-refractivity contribution in [1.82, 2.24) is 0 Å². The molecule has 0 radical (unpaired) electrons. The number of carbonyl (C=O) groups is 1. The third kappa shape index (κ3) is 3.22. The molecule has 4 N–H and O–H groups in total. The molecule has 72 valence electrons. The van der Waals surface area contributed by atoms with Crippen molar-refractivity contribution in [3.8, 4) is 0 Å². The highest BCUT2D eigenvalue weighted by Crippen LogP contribution is 2.15. The molecule has 1 unspecified atom stereocenters. The van der Waals surface area contributed by atoms with Crippen molar-refractivity contribution in [1.29, 1.82) is 0 Å². The van der Waals surface area contributed by atoms with Crippen molar-refractivity contribution in [2.75, 3.05) is 0 Å². The van der Waals surface area contributed by atoms with E-state index in [1.54, 1.807) is 24.3 Å². The van der Waals surface area contributed by atoms with Gasteiger partial charge in [0.15, 0.2) is 0 Å². The third-order valence-electron chi connectivity index (χ3n) is 1.51. The summed E-state index contributed by atoms with van der Waals surface area (Å²) >= 11 is 5.69. The molecule has 1 aromatic rings. The number of nitrogens with two attached hydrogens (primary N) is 2. The summed E-state index contributed by atoms with van der Waals surface area (Å²) in [5, 5.41) is 0.546. The lowest BCUT2D eigenvalue weighted by atomic mass is 10.1. The Hall–Kier alpha value is -0.770. The van der Waals surface area contributed by atoms with Gasteiger partial charge in [0.25, 0.3) is 0 Å². The maximum Gasteiger partial charge on any atom is 0.238 e. The summed E-state index contributed by atoms with van der Waals surface area (Å²) in [4.78, 5) is 10.7. The molecule has 0 saturated carbocycles. The average Bonchev–Trinajstić information content (AvgIpc) is 2.03. The van der Waals surface area contributed by atoms with Crippen molar-refractivity contribution in [3.05, 3.63) is 34.9 Å². The molecular formula is C8H10Cl2N2O. The van der Waals surface area contributed by atoms with Crippen LogP contribution in [-0.4, -0.2) is 5.91 Å². The molecule has 3 nitrogen and oxygen atoms in total. The summed E-state index contributed by atoms with van der Waals surface area (Å²) in [6.45, 7) is 0. The van der Waals surface area contributed by atoms with Gasteiger partial charge in [0.05, 0.1) is 0 Å². The van der Waals surface area contributed by atoms with Crippen LogP contribution in [0.2, 0.25) is 5.02 Å². The van der Waals surface area contributed by atoms with Gasteiger partial charge in [-0.25, -0.2) is 0 Å². The second-order valence-corrected chi connectivity index (χ2v) is 2.87. The molecule has 1 amide bonds. The molecule has 13 heavy (non-hydrogen) atoms. The van der Waals surface area contributed by atoms with Gasteiger partial charge >= 0.3 is 0 Å². The van der Waals surface area contributed by atoms with Gasteiger partial charge in [-0.05, 0) is 17.7 Å². The molecule has 0 bridgehead atoms. The van der Waals surface area contributed by atoms with E-state index in [4.69, 9.17) is 23.1 Å². The predicted octanol–water partition coefficient (Wildman–Crippen LogP) is 1.25. The van der Waals surface area contributed by atoms with Crippen LogP contribution < -0.4 is 11.5 Å². The van der Waals surface area contributed by atoms with E-state index >= 15 is 0 Å². The van der Waals surface area contributed by atoms with Crippen molar-refractivity contribution in [3.63, 3.8) is 0 Å². The summed E-state index contributed by atoms with van der Waals surface area (Å²) in [7, 11) is 0. The summed E-state index contributed by atoms with van der Waals surface area (Å²) in [6, 6.07) is 5.99. The van der Waals surface area contributed by atoms with E-state index in [-0.39, 0.29) is 12.4 Å². The highest BCUT2D eigenvalue weighted by molar-refractivity contribution is 6.30. The van der Waals surface area contributed by atoms with Gasteiger partial charge in [0.1, 0.15) is 6.04 Å². The molecule has 0 aliphatic rings. The number of amides is 1. The van der Waals surface area contributed by atoms with E-state index in [1.165, 1.54) is 0 Å². The molecule has 1 atom stereocenters. The minimum atomic E-state index is -0.774. The molecular weight excluding hydrogens is 211 g/mol. The Labute approximate surface area is 87.5 Å². The van der Waals surface area contributed by atoms with Crippen LogP contribution in [0.15, 0.2) is 24.3 Å². The fourth-order valence-corrected chi connectivity index (χ4v) is 1.06. The maximum atomic E-state index is 10.7. The molecule has 0 saturated heterocycles. The fraction of sp³-hybridized carbons (Fsp3) is 0.125. The fourth-order valence-electron chi connectivity index (χ4n) is 0.864.